The zero-order valence-corrected chi connectivity index (χ0v) is 15.4. The molecule has 0 spiro atoms. The van der Waals surface area contributed by atoms with Gasteiger partial charge >= 0.3 is 0 Å². The van der Waals surface area contributed by atoms with Gasteiger partial charge in [-0.05, 0) is 30.9 Å². The van der Waals surface area contributed by atoms with Crippen LogP contribution in [0.5, 0.6) is 0 Å². The predicted molar refractivity (Wildman–Crippen MR) is 98.2 cm³/mol. The van der Waals surface area contributed by atoms with Gasteiger partial charge in [0.15, 0.2) is 0 Å². The maximum atomic E-state index is 8.57. The molecule has 1 N–H and O–H groups in total. The minimum Gasteiger partial charge on any atom is -0.300 e. The fraction of sp³-hybridized carbons (Fsp3) is 0.526. The molecule has 0 aliphatic heterocycles. The summed E-state index contributed by atoms with van der Waals surface area (Å²) in [7, 11) is -1.30. The first-order chi connectivity index (χ1) is 9.83. The molecule has 0 aromatic heterocycles. The van der Waals surface area contributed by atoms with E-state index in [0.717, 1.165) is 17.7 Å². The second-order valence-electron chi connectivity index (χ2n) is 7.09. The molecule has 0 bridgehead atoms. The van der Waals surface area contributed by atoms with E-state index in [1.165, 1.54) is 36.8 Å². The van der Waals surface area contributed by atoms with E-state index < -0.39 is 8.07 Å². The zero-order chi connectivity index (χ0) is 15.9. The Bertz CT molecular complexity index is 477. The van der Waals surface area contributed by atoms with Crippen LogP contribution in [0.3, 0.4) is 0 Å². The number of allylic oxidation sites excluding steroid dienone is 1. The minimum atomic E-state index is -1.30. The maximum Gasteiger partial charge on any atom is 0.0691 e. The monoisotopic (exact) mass is 301 g/mol. The molecule has 0 unspecified atom stereocenters. The highest BCUT2D eigenvalue weighted by atomic mass is 28.3. The molecule has 2 heteroatoms. The molecule has 0 saturated carbocycles. The normalized spacial score (nSPS) is 12.5. The van der Waals surface area contributed by atoms with Crippen molar-refractivity contribution in [2.75, 3.05) is 0 Å². The van der Waals surface area contributed by atoms with Gasteiger partial charge in [0.2, 0.25) is 0 Å². The number of nitrogens with one attached hydrogen (secondary N) is 1. The summed E-state index contributed by atoms with van der Waals surface area (Å²) in [6.07, 6.45) is 6.11. The third-order valence-corrected chi connectivity index (χ3v) is 4.78. The van der Waals surface area contributed by atoms with Gasteiger partial charge in [0.05, 0.1) is 13.8 Å². The Hall–Kier alpha value is -1.15. The van der Waals surface area contributed by atoms with E-state index in [1.54, 1.807) is 0 Å². The van der Waals surface area contributed by atoms with E-state index in [9.17, 15) is 0 Å². The van der Waals surface area contributed by atoms with Crippen molar-refractivity contribution in [2.45, 2.75) is 65.6 Å². The topological polar surface area (TPSA) is 23.9 Å². The van der Waals surface area contributed by atoms with Crippen molar-refractivity contribution in [2.24, 2.45) is 0 Å². The number of benzene rings is 1. The molecule has 0 saturated heterocycles. The van der Waals surface area contributed by atoms with Gasteiger partial charge in [-0.1, -0.05) is 81.4 Å². The summed E-state index contributed by atoms with van der Waals surface area (Å²) in [6.45, 7) is 11.4. The van der Waals surface area contributed by atoms with Crippen molar-refractivity contribution in [1.82, 2.24) is 0 Å². The molecule has 0 aliphatic carbocycles. The van der Waals surface area contributed by atoms with Crippen LogP contribution < -0.4 is 0 Å². The van der Waals surface area contributed by atoms with Crippen LogP contribution in [-0.2, 0) is 0 Å². The molecule has 0 atom stereocenters. The smallest absolute Gasteiger partial charge is 0.0691 e. The summed E-state index contributed by atoms with van der Waals surface area (Å²) in [5.41, 5.74) is 6.72. The van der Waals surface area contributed by atoms with E-state index in [4.69, 9.17) is 5.41 Å². The van der Waals surface area contributed by atoms with Crippen molar-refractivity contribution >= 4 is 13.8 Å². The van der Waals surface area contributed by atoms with Gasteiger partial charge in [-0.15, -0.1) is 0 Å². The fourth-order valence-corrected chi connectivity index (χ4v) is 3.77. The van der Waals surface area contributed by atoms with Crippen molar-refractivity contribution in [3.63, 3.8) is 0 Å². The standard InChI is InChI=1S/C19H31NSi/c1-6-7-8-9-10-18(15-21(3,4)5)19(20)17-13-11-16(2)12-14-17/h11-15,20H,6-10H2,1-5H3. The second kappa shape index (κ2) is 8.33. The van der Waals surface area contributed by atoms with Crippen LogP contribution in [0.4, 0.5) is 0 Å². The molecule has 1 nitrogen and oxygen atoms in total. The average Bonchev–Trinajstić information content (AvgIpc) is 2.41. The molecule has 1 rings (SSSR count). The van der Waals surface area contributed by atoms with Gasteiger partial charge in [0.25, 0.3) is 0 Å². The molecule has 0 heterocycles. The summed E-state index contributed by atoms with van der Waals surface area (Å²) in [6, 6.07) is 8.38. The highest BCUT2D eigenvalue weighted by Gasteiger charge is 2.15. The summed E-state index contributed by atoms with van der Waals surface area (Å²) in [5, 5.41) is 8.57. The van der Waals surface area contributed by atoms with E-state index in [1.807, 2.05) is 0 Å². The minimum absolute atomic E-state index is 0.730. The number of rotatable bonds is 8. The first-order valence-electron chi connectivity index (χ1n) is 8.21. The van der Waals surface area contributed by atoms with Gasteiger partial charge in [-0.2, -0.15) is 0 Å². The Labute approximate surface area is 132 Å². The van der Waals surface area contributed by atoms with Crippen molar-refractivity contribution < 1.29 is 0 Å². The van der Waals surface area contributed by atoms with Crippen LogP contribution in [-0.4, -0.2) is 13.8 Å². The molecular weight excluding hydrogens is 270 g/mol. The summed E-state index contributed by atoms with van der Waals surface area (Å²) >= 11 is 0. The molecule has 21 heavy (non-hydrogen) atoms. The van der Waals surface area contributed by atoms with E-state index in [2.05, 4.69) is 63.5 Å². The molecule has 0 fully saturated rings. The number of hydrogen-bond donors (Lipinski definition) is 1. The van der Waals surface area contributed by atoms with E-state index in [0.29, 0.717) is 0 Å². The summed E-state index contributed by atoms with van der Waals surface area (Å²) in [5.74, 6) is 0. The van der Waals surface area contributed by atoms with Crippen LogP contribution in [0, 0.1) is 12.3 Å². The number of unbranched alkanes of at least 4 members (excludes halogenated alkanes) is 3. The van der Waals surface area contributed by atoms with Gasteiger partial charge < -0.3 is 5.41 Å². The second-order valence-corrected chi connectivity index (χ2v) is 12.1. The third kappa shape index (κ3) is 6.90. The largest absolute Gasteiger partial charge is 0.300 e. The quantitative estimate of drug-likeness (QED) is 0.339. The average molecular weight is 302 g/mol. The molecule has 116 valence electrons. The van der Waals surface area contributed by atoms with E-state index in [-0.39, 0.29) is 0 Å². The van der Waals surface area contributed by atoms with Crippen LogP contribution in [0.1, 0.15) is 50.2 Å². The Morgan fingerprint density at radius 1 is 1.05 bits per heavy atom. The molecule has 0 radical (unpaired) electrons. The first-order valence-corrected chi connectivity index (χ1v) is 11.8. The van der Waals surface area contributed by atoms with Crippen molar-refractivity contribution in [3.8, 4) is 0 Å². The summed E-state index contributed by atoms with van der Waals surface area (Å²) < 4.78 is 0. The molecule has 1 aromatic carbocycles. The third-order valence-electron chi connectivity index (χ3n) is 3.57. The lowest BCUT2D eigenvalue weighted by Crippen LogP contribution is -2.19. The van der Waals surface area contributed by atoms with Crippen molar-refractivity contribution in [1.29, 1.82) is 5.41 Å². The lowest BCUT2D eigenvalue weighted by Gasteiger charge is -2.16. The van der Waals surface area contributed by atoms with Gasteiger partial charge in [-0.3, -0.25) is 0 Å². The fourth-order valence-electron chi connectivity index (χ4n) is 2.44. The predicted octanol–water partition coefficient (Wildman–Crippen LogP) is 6.14. The molecule has 0 amide bonds. The molecule has 0 aliphatic rings. The Morgan fingerprint density at radius 3 is 2.19 bits per heavy atom. The van der Waals surface area contributed by atoms with Crippen LogP contribution >= 0.6 is 0 Å². The number of aryl methyl sites for hydroxylation is 1. The Morgan fingerprint density at radius 2 is 1.67 bits per heavy atom. The Balaban J connectivity index is 2.87. The maximum absolute atomic E-state index is 8.57. The lowest BCUT2D eigenvalue weighted by atomic mass is 9.98. The van der Waals surface area contributed by atoms with Gasteiger partial charge in [-0.25, -0.2) is 0 Å². The van der Waals surface area contributed by atoms with Crippen molar-refractivity contribution in [3.05, 3.63) is 46.7 Å². The number of hydrogen-bond acceptors (Lipinski definition) is 1. The SMILES string of the molecule is CCCCCCC(=C[Si](C)(C)C)C(=N)c1ccc(C)cc1. The van der Waals surface area contributed by atoms with Crippen LogP contribution in [0.15, 0.2) is 35.5 Å². The Kier molecular flexibility index (Phi) is 7.10. The van der Waals surface area contributed by atoms with Crippen LogP contribution in [0.2, 0.25) is 19.6 Å². The van der Waals surface area contributed by atoms with Crippen LogP contribution in [0.25, 0.3) is 0 Å². The summed E-state index contributed by atoms with van der Waals surface area (Å²) in [4.78, 5) is 0. The molecule has 1 aromatic rings. The highest BCUT2D eigenvalue weighted by Crippen LogP contribution is 2.19. The zero-order valence-electron chi connectivity index (χ0n) is 14.4. The lowest BCUT2D eigenvalue weighted by molar-refractivity contribution is 0.670. The van der Waals surface area contributed by atoms with Gasteiger partial charge in [0, 0.05) is 0 Å². The van der Waals surface area contributed by atoms with E-state index >= 15 is 0 Å². The molecular formula is C19H31NSi. The highest BCUT2D eigenvalue weighted by molar-refractivity contribution is 6.81. The van der Waals surface area contributed by atoms with Gasteiger partial charge in [0.1, 0.15) is 0 Å². The first kappa shape index (κ1) is 17.9.